The predicted octanol–water partition coefficient (Wildman–Crippen LogP) is 0.529. The fourth-order valence-corrected chi connectivity index (χ4v) is 2.04. The van der Waals surface area contributed by atoms with E-state index >= 15 is 0 Å². The smallest absolute Gasteiger partial charge is 0.407 e. The van der Waals surface area contributed by atoms with Crippen LogP contribution >= 0.6 is 0 Å². The summed E-state index contributed by atoms with van der Waals surface area (Å²) in [6.45, 7) is 1.66. The maximum Gasteiger partial charge on any atom is 0.407 e. The molecule has 0 bridgehead atoms. The molecule has 18 heavy (non-hydrogen) atoms. The van der Waals surface area contributed by atoms with Crippen LogP contribution in [0.15, 0.2) is 12.5 Å². The summed E-state index contributed by atoms with van der Waals surface area (Å²) in [4.78, 5) is 30.3. The summed E-state index contributed by atoms with van der Waals surface area (Å²) < 4.78 is 0. The number of amides is 2. The Morgan fingerprint density at radius 2 is 2.22 bits per heavy atom. The minimum Gasteiger partial charge on any atom is -0.465 e. The van der Waals surface area contributed by atoms with Gasteiger partial charge < -0.3 is 20.3 Å². The van der Waals surface area contributed by atoms with Crippen LogP contribution in [0.25, 0.3) is 0 Å². The highest BCUT2D eigenvalue weighted by Crippen LogP contribution is 2.16. The van der Waals surface area contributed by atoms with Gasteiger partial charge in [0.2, 0.25) is 0 Å². The van der Waals surface area contributed by atoms with Crippen LogP contribution in [-0.2, 0) is 0 Å². The molecule has 0 saturated carbocycles. The van der Waals surface area contributed by atoms with Crippen molar-refractivity contribution in [2.45, 2.75) is 12.8 Å². The average molecular weight is 252 g/mol. The molecule has 0 aromatic carbocycles. The number of imidazole rings is 1. The van der Waals surface area contributed by atoms with Crippen molar-refractivity contribution in [2.24, 2.45) is 5.92 Å². The summed E-state index contributed by atoms with van der Waals surface area (Å²) in [5.41, 5.74) is 0.443. The van der Waals surface area contributed by atoms with Crippen LogP contribution in [0.4, 0.5) is 4.79 Å². The highest BCUT2D eigenvalue weighted by molar-refractivity contribution is 5.91. The zero-order chi connectivity index (χ0) is 13.0. The Morgan fingerprint density at radius 1 is 1.50 bits per heavy atom. The summed E-state index contributed by atoms with van der Waals surface area (Å²) in [5.74, 6) is 0.167. The van der Waals surface area contributed by atoms with Crippen LogP contribution < -0.4 is 5.32 Å². The van der Waals surface area contributed by atoms with Crippen LogP contribution in [0.3, 0.4) is 0 Å². The van der Waals surface area contributed by atoms with Gasteiger partial charge in [-0.3, -0.25) is 4.79 Å². The van der Waals surface area contributed by atoms with E-state index in [-0.39, 0.29) is 5.91 Å². The zero-order valence-electron chi connectivity index (χ0n) is 9.93. The second-order valence-corrected chi connectivity index (χ2v) is 4.39. The van der Waals surface area contributed by atoms with Crippen molar-refractivity contribution in [1.82, 2.24) is 20.2 Å². The third kappa shape index (κ3) is 2.99. The number of carboxylic acid groups (broad SMARTS) is 1. The number of aromatic amines is 1. The summed E-state index contributed by atoms with van der Waals surface area (Å²) in [6, 6.07) is 0. The van der Waals surface area contributed by atoms with Crippen molar-refractivity contribution in [3.63, 3.8) is 0 Å². The third-order valence-electron chi connectivity index (χ3n) is 3.18. The first-order valence-electron chi connectivity index (χ1n) is 5.91. The van der Waals surface area contributed by atoms with Gasteiger partial charge in [0.15, 0.2) is 0 Å². The fourth-order valence-electron chi connectivity index (χ4n) is 2.04. The fraction of sp³-hybridized carbons (Fsp3) is 0.545. The van der Waals surface area contributed by atoms with Gasteiger partial charge in [-0.1, -0.05) is 0 Å². The topological polar surface area (TPSA) is 98.3 Å². The molecule has 0 unspecified atom stereocenters. The molecular weight excluding hydrogens is 236 g/mol. The minimum absolute atomic E-state index is 0.173. The Kier molecular flexibility index (Phi) is 3.81. The number of piperidine rings is 1. The van der Waals surface area contributed by atoms with Crippen LogP contribution in [-0.4, -0.2) is 51.6 Å². The molecule has 3 N–H and O–H groups in total. The molecule has 1 aliphatic rings. The second-order valence-electron chi connectivity index (χ2n) is 4.39. The van der Waals surface area contributed by atoms with Crippen LogP contribution in [0.2, 0.25) is 0 Å². The van der Waals surface area contributed by atoms with Gasteiger partial charge >= 0.3 is 6.09 Å². The molecule has 1 aliphatic heterocycles. The van der Waals surface area contributed by atoms with Crippen molar-refractivity contribution >= 4 is 12.0 Å². The lowest BCUT2D eigenvalue weighted by Crippen LogP contribution is -2.40. The Bertz CT molecular complexity index is 410. The molecule has 0 radical (unpaired) electrons. The monoisotopic (exact) mass is 252 g/mol. The zero-order valence-corrected chi connectivity index (χ0v) is 9.93. The lowest BCUT2D eigenvalue weighted by molar-refractivity contribution is 0.0924. The van der Waals surface area contributed by atoms with Gasteiger partial charge in [-0.15, -0.1) is 0 Å². The number of likely N-dealkylation sites (tertiary alicyclic amines) is 1. The number of nitrogens with one attached hydrogen (secondary N) is 2. The average Bonchev–Trinajstić information content (AvgIpc) is 2.90. The number of rotatable bonds is 3. The van der Waals surface area contributed by atoms with Gasteiger partial charge in [0, 0.05) is 19.6 Å². The highest BCUT2D eigenvalue weighted by Gasteiger charge is 2.22. The SMILES string of the molecule is O=C(NCC1CCN(C(=O)O)CC1)c1cnc[nH]1. The Balaban J connectivity index is 1.72. The van der Waals surface area contributed by atoms with Gasteiger partial charge in [0.25, 0.3) is 5.91 Å². The maximum absolute atomic E-state index is 11.6. The first-order valence-corrected chi connectivity index (χ1v) is 5.91. The molecule has 0 atom stereocenters. The molecule has 0 spiro atoms. The van der Waals surface area contributed by atoms with Crippen LogP contribution in [0, 0.1) is 5.92 Å². The number of nitrogens with zero attached hydrogens (tertiary/aromatic N) is 2. The molecule has 1 aromatic heterocycles. The number of carbonyl (C=O) groups is 2. The van der Waals surface area contributed by atoms with Crippen molar-refractivity contribution in [3.8, 4) is 0 Å². The molecule has 2 amide bonds. The third-order valence-corrected chi connectivity index (χ3v) is 3.18. The van der Waals surface area contributed by atoms with Crippen LogP contribution in [0.1, 0.15) is 23.3 Å². The Hall–Kier alpha value is -2.05. The first kappa shape index (κ1) is 12.4. The lowest BCUT2D eigenvalue weighted by Gasteiger charge is -2.29. The molecule has 1 fully saturated rings. The first-order chi connectivity index (χ1) is 8.66. The summed E-state index contributed by atoms with van der Waals surface area (Å²) >= 11 is 0. The van der Waals surface area contributed by atoms with Crippen molar-refractivity contribution < 1.29 is 14.7 Å². The Morgan fingerprint density at radius 3 is 2.78 bits per heavy atom. The molecule has 98 valence electrons. The largest absolute Gasteiger partial charge is 0.465 e. The number of carbonyl (C=O) groups excluding carboxylic acids is 1. The van der Waals surface area contributed by atoms with Gasteiger partial charge in [0.1, 0.15) is 5.69 Å². The lowest BCUT2D eigenvalue weighted by atomic mass is 9.97. The second kappa shape index (κ2) is 5.52. The molecule has 7 heteroatoms. The number of hydrogen-bond donors (Lipinski definition) is 3. The van der Waals surface area contributed by atoms with E-state index in [0.717, 1.165) is 12.8 Å². The summed E-state index contributed by atoms with van der Waals surface area (Å²) in [5, 5.41) is 11.6. The molecule has 0 aliphatic carbocycles. The van der Waals surface area contributed by atoms with E-state index in [1.54, 1.807) is 0 Å². The van der Waals surface area contributed by atoms with Gasteiger partial charge in [-0.05, 0) is 18.8 Å². The van der Waals surface area contributed by atoms with E-state index in [1.807, 2.05) is 0 Å². The van der Waals surface area contributed by atoms with Crippen molar-refractivity contribution in [3.05, 3.63) is 18.2 Å². The number of H-pyrrole nitrogens is 1. The quantitative estimate of drug-likeness (QED) is 0.730. The van der Waals surface area contributed by atoms with Gasteiger partial charge in [0.05, 0.1) is 12.5 Å². The van der Waals surface area contributed by atoms with Crippen molar-refractivity contribution in [2.75, 3.05) is 19.6 Å². The molecule has 7 nitrogen and oxygen atoms in total. The van der Waals surface area contributed by atoms with E-state index in [4.69, 9.17) is 5.11 Å². The molecule has 2 heterocycles. The van der Waals surface area contributed by atoms with Gasteiger partial charge in [-0.2, -0.15) is 0 Å². The highest BCUT2D eigenvalue weighted by atomic mass is 16.4. The summed E-state index contributed by atoms with van der Waals surface area (Å²) in [7, 11) is 0. The van der Waals surface area contributed by atoms with Crippen molar-refractivity contribution in [1.29, 1.82) is 0 Å². The Labute approximate surface area is 104 Å². The van der Waals surface area contributed by atoms with E-state index in [2.05, 4.69) is 15.3 Å². The molecule has 1 saturated heterocycles. The van der Waals surface area contributed by atoms with E-state index in [0.29, 0.717) is 31.2 Å². The maximum atomic E-state index is 11.6. The van der Waals surface area contributed by atoms with E-state index in [9.17, 15) is 9.59 Å². The molecule has 1 aromatic rings. The normalized spacial score (nSPS) is 16.6. The standard InChI is InChI=1S/C11H16N4O3/c16-10(9-6-12-7-14-9)13-5-8-1-3-15(4-2-8)11(17)18/h6-8H,1-5H2,(H,12,14)(H,13,16)(H,17,18). The minimum atomic E-state index is -0.866. The van der Waals surface area contributed by atoms with E-state index in [1.165, 1.54) is 17.4 Å². The number of hydrogen-bond acceptors (Lipinski definition) is 3. The van der Waals surface area contributed by atoms with Gasteiger partial charge in [-0.25, -0.2) is 9.78 Å². The van der Waals surface area contributed by atoms with E-state index < -0.39 is 6.09 Å². The number of aromatic nitrogens is 2. The predicted molar refractivity (Wildman–Crippen MR) is 63.2 cm³/mol. The van der Waals surface area contributed by atoms with Crippen LogP contribution in [0.5, 0.6) is 0 Å². The molecular formula is C11H16N4O3. The summed E-state index contributed by atoms with van der Waals surface area (Å²) in [6.07, 6.45) is 3.64. The molecule has 2 rings (SSSR count).